The minimum absolute atomic E-state index is 0.681. The Morgan fingerprint density at radius 3 is 3.00 bits per heavy atom. The summed E-state index contributed by atoms with van der Waals surface area (Å²) in [5.41, 5.74) is 7.48. The van der Waals surface area contributed by atoms with Crippen molar-refractivity contribution in [1.29, 1.82) is 0 Å². The molecular formula is C11H16BrN3O. The second-order valence-electron chi connectivity index (χ2n) is 4.03. The van der Waals surface area contributed by atoms with Crippen LogP contribution in [0.2, 0.25) is 0 Å². The highest BCUT2D eigenvalue weighted by molar-refractivity contribution is 9.10. The Balaban J connectivity index is 1.90. The van der Waals surface area contributed by atoms with Crippen LogP contribution in [-0.4, -0.2) is 24.7 Å². The molecule has 1 aromatic rings. The van der Waals surface area contributed by atoms with Gasteiger partial charge in [0.05, 0.1) is 17.6 Å². The number of halogens is 1. The number of hydrogen-bond acceptors (Lipinski definition) is 4. The van der Waals surface area contributed by atoms with E-state index < -0.39 is 0 Å². The third kappa shape index (κ3) is 3.09. The SMILES string of the molecule is Nc1cnc(Br)cc1NCC1CCOCC1. The van der Waals surface area contributed by atoms with Gasteiger partial charge in [-0.2, -0.15) is 0 Å². The Bertz CT molecular complexity index is 353. The van der Waals surface area contributed by atoms with Crippen molar-refractivity contribution in [1.82, 2.24) is 4.98 Å². The predicted octanol–water partition coefficient (Wildman–Crippen LogP) is 2.26. The van der Waals surface area contributed by atoms with Crippen molar-refractivity contribution in [3.8, 4) is 0 Å². The van der Waals surface area contributed by atoms with Gasteiger partial charge in [-0.1, -0.05) is 0 Å². The molecule has 0 aliphatic carbocycles. The third-order valence-electron chi connectivity index (χ3n) is 2.82. The molecule has 0 spiro atoms. The second kappa shape index (κ2) is 5.50. The first-order valence-electron chi connectivity index (χ1n) is 5.48. The summed E-state index contributed by atoms with van der Waals surface area (Å²) in [5, 5.41) is 3.37. The maximum atomic E-state index is 5.83. The van der Waals surface area contributed by atoms with Crippen molar-refractivity contribution in [3.05, 3.63) is 16.9 Å². The molecule has 0 bridgehead atoms. The molecule has 0 aromatic carbocycles. The van der Waals surface area contributed by atoms with E-state index in [1.54, 1.807) is 6.20 Å². The molecule has 4 nitrogen and oxygen atoms in total. The highest BCUT2D eigenvalue weighted by atomic mass is 79.9. The van der Waals surface area contributed by atoms with Crippen LogP contribution < -0.4 is 11.1 Å². The van der Waals surface area contributed by atoms with Crippen molar-refractivity contribution in [3.63, 3.8) is 0 Å². The summed E-state index contributed by atoms with van der Waals surface area (Å²) in [4.78, 5) is 4.07. The lowest BCUT2D eigenvalue weighted by atomic mass is 10.0. The lowest BCUT2D eigenvalue weighted by molar-refractivity contribution is 0.0699. The van der Waals surface area contributed by atoms with Gasteiger partial charge in [0.25, 0.3) is 0 Å². The lowest BCUT2D eigenvalue weighted by Crippen LogP contribution is -2.22. The van der Waals surface area contributed by atoms with Gasteiger partial charge in [-0.15, -0.1) is 0 Å². The number of rotatable bonds is 3. The molecule has 0 atom stereocenters. The van der Waals surface area contributed by atoms with E-state index in [1.165, 1.54) is 0 Å². The number of anilines is 2. The van der Waals surface area contributed by atoms with Crippen molar-refractivity contribution >= 4 is 27.3 Å². The zero-order valence-electron chi connectivity index (χ0n) is 9.08. The van der Waals surface area contributed by atoms with Crippen LogP contribution in [-0.2, 0) is 4.74 Å². The average molecular weight is 286 g/mol. The van der Waals surface area contributed by atoms with E-state index in [4.69, 9.17) is 10.5 Å². The summed E-state index contributed by atoms with van der Waals surface area (Å²) >= 11 is 3.34. The summed E-state index contributed by atoms with van der Waals surface area (Å²) in [6.45, 7) is 2.70. The van der Waals surface area contributed by atoms with Crippen LogP contribution in [0, 0.1) is 5.92 Å². The smallest absolute Gasteiger partial charge is 0.108 e. The van der Waals surface area contributed by atoms with E-state index in [1.807, 2.05) is 6.07 Å². The van der Waals surface area contributed by atoms with Gasteiger partial charge in [-0.05, 0) is 40.8 Å². The highest BCUT2D eigenvalue weighted by Gasteiger charge is 2.13. The van der Waals surface area contributed by atoms with Gasteiger partial charge in [0.1, 0.15) is 4.60 Å². The zero-order valence-corrected chi connectivity index (χ0v) is 10.7. The number of pyridine rings is 1. The van der Waals surface area contributed by atoms with Gasteiger partial charge >= 0.3 is 0 Å². The van der Waals surface area contributed by atoms with E-state index >= 15 is 0 Å². The van der Waals surface area contributed by atoms with E-state index in [0.29, 0.717) is 11.6 Å². The molecule has 1 aliphatic rings. The van der Waals surface area contributed by atoms with Gasteiger partial charge in [0, 0.05) is 19.8 Å². The van der Waals surface area contributed by atoms with Gasteiger partial charge in [0.15, 0.2) is 0 Å². The molecule has 5 heteroatoms. The number of aromatic nitrogens is 1. The molecule has 0 radical (unpaired) electrons. The molecule has 1 fully saturated rings. The molecule has 1 aromatic heterocycles. The van der Waals surface area contributed by atoms with Gasteiger partial charge in [-0.3, -0.25) is 0 Å². The molecule has 1 aliphatic heterocycles. The van der Waals surface area contributed by atoms with Crippen LogP contribution in [0.5, 0.6) is 0 Å². The predicted molar refractivity (Wildman–Crippen MR) is 68.4 cm³/mol. The molecule has 0 saturated carbocycles. The minimum Gasteiger partial charge on any atom is -0.396 e. The molecule has 0 amide bonds. The topological polar surface area (TPSA) is 60.2 Å². The number of nitrogen functional groups attached to an aromatic ring is 1. The highest BCUT2D eigenvalue weighted by Crippen LogP contribution is 2.22. The normalized spacial score (nSPS) is 17.3. The molecule has 3 N–H and O–H groups in total. The monoisotopic (exact) mass is 285 g/mol. The van der Waals surface area contributed by atoms with Crippen LogP contribution in [0.25, 0.3) is 0 Å². The molecule has 0 unspecified atom stereocenters. The lowest BCUT2D eigenvalue weighted by Gasteiger charge is -2.23. The molecule has 2 heterocycles. The standard InChI is InChI=1S/C11H16BrN3O/c12-11-5-10(9(13)7-15-11)14-6-8-1-3-16-4-2-8/h5,7-8H,1-4,6,13H2,(H,14,15). The third-order valence-corrected chi connectivity index (χ3v) is 3.26. The van der Waals surface area contributed by atoms with Crippen LogP contribution in [0.1, 0.15) is 12.8 Å². The van der Waals surface area contributed by atoms with Crippen molar-refractivity contribution in [2.45, 2.75) is 12.8 Å². The van der Waals surface area contributed by atoms with Crippen molar-refractivity contribution in [2.75, 3.05) is 30.8 Å². The fraction of sp³-hybridized carbons (Fsp3) is 0.545. The fourth-order valence-corrected chi connectivity index (χ4v) is 2.13. The van der Waals surface area contributed by atoms with E-state index in [-0.39, 0.29) is 0 Å². The van der Waals surface area contributed by atoms with Crippen LogP contribution >= 0.6 is 15.9 Å². The Morgan fingerprint density at radius 2 is 2.25 bits per heavy atom. The molecule has 88 valence electrons. The van der Waals surface area contributed by atoms with Crippen LogP contribution in [0.4, 0.5) is 11.4 Å². The molecular weight excluding hydrogens is 270 g/mol. The number of hydrogen-bond donors (Lipinski definition) is 2. The quantitative estimate of drug-likeness (QED) is 0.837. The van der Waals surface area contributed by atoms with E-state index in [2.05, 4.69) is 26.2 Å². The van der Waals surface area contributed by atoms with Crippen molar-refractivity contribution in [2.24, 2.45) is 5.92 Å². The Labute approximate surface area is 104 Å². The maximum absolute atomic E-state index is 5.83. The van der Waals surface area contributed by atoms with Gasteiger partial charge in [0.2, 0.25) is 0 Å². The Hall–Kier alpha value is -0.810. The summed E-state index contributed by atoms with van der Waals surface area (Å²) in [6, 6.07) is 1.91. The summed E-state index contributed by atoms with van der Waals surface area (Å²) in [6.07, 6.45) is 3.91. The number of nitrogens with two attached hydrogens (primary N) is 1. The maximum Gasteiger partial charge on any atom is 0.108 e. The summed E-state index contributed by atoms with van der Waals surface area (Å²) < 4.78 is 6.13. The minimum atomic E-state index is 0.681. The first-order valence-corrected chi connectivity index (χ1v) is 6.27. The van der Waals surface area contributed by atoms with E-state index in [0.717, 1.165) is 42.9 Å². The molecule has 16 heavy (non-hydrogen) atoms. The van der Waals surface area contributed by atoms with Crippen LogP contribution in [0.3, 0.4) is 0 Å². The Kier molecular flexibility index (Phi) is 4.01. The first-order chi connectivity index (χ1) is 7.75. The number of nitrogens with zero attached hydrogens (tertiary/aromatic N) is 1. The van der Waals surface area contributed by atoms with Crippen molar-refractivity contribution < 1.29 is 4.74 Å². The fourth-order valence-electron chi connectivity index (χ4n) is 1.80. The first kappa shape index (κ1) is 11.7. The summed E-state index contributed by atoms with van der Waals surface area (Å²) in [7, 11) is 0. The van der Waals surface area contributed by atoms with Gasteiger partial charge in [-0.25, -0.2) is 4.98 Å². The number of ether oxygens (including phenoxy) is 1. The zero-order chi connectivity index (χ0) is 11.4. The van der Waals surface area contributed by atoms with Crippen LogP contribution in [0.15, 0.2) is 16.9 Å². The largest absolute Gasteiger partial charge is 0.396 e. The average Bonchev–Trinajstić information content (AvgIpc) is 2.32. The molecule has 1 saturated heterocycles. The Morgan fingerprint density at radius 1 is 1.50 bits per heavy atom. The number of nitrogens with one attached hydrogen (secondary N) is 1. The summed E-state index contributed by atoms with van der Waals surface area (Å²) in [5.74, 6) is 0.681. The van der Waals surface area contributed by atoms with E-state index in [9.17, 15) is 0 Å². The molecule has 2 rings (SSSR count). The van der Waals surface area contributed by atoms with Gasteiger partial charge < -0.3 is 15.8 Å². The second-order valence-corrected chi connectivity index (χ2v) is 4.84.